The molecule has 2 aromatic heterocycles. The smallest absolute Gasteiger partial charge is 0.0640 e. The zero-order valence-electron chi connectivity index (χ0n) is 37.3. The first-order valence-corrected chi connectivity index (χ1v) is 24.1. The van der Waals surface area contributed by atoms with Crippen molar-refractivity contribution in [1.29, 1.82) is 0 Å². The Kier molecular flexibility index (Phi) is 8.92. The highest BCUT2D eigenvalue weighted by molar-refractivity contribution is 7.26. The van der Waals surface area contributed by atoms with E-state index in [2.05, 4.69) is 216 Å². The van der Waals surface area contributed by atoms with Crippen LogP contribution in [0.3, 0.4) is 0 Å². The summed E-state index contributed by atoms with van der Waals surface area (Å²) < 4.78 is 5.23. The number of benzene rings is 10. The average molecular weight is 861 g/mol. The van der Waals surface area contributed by atoms with Crippen LogP contribution in [0.4, 0.5) is 34.1 Å². The van der Waals surface area contributed by atoms with Gasteiger partial charge < -0.3 is 9.80 Å². The minimum absolute atomic E-state index is 0.294. The summed E-state index contributed by atoms with van der Waals surface area (Å²) in [5, 5.41) is 13.0. The van der Waals surface area contributed by atoms with Gasteiger partial charge in [-0.25, -0.2) is 0 Å². The first kappa shape index (κ1) is 38.9. The van der Waals surface area contributed by atoms with Crippen LogP contribution >= 0.6 is 22.7 Å². The summed E-state index contributed by atoms with van der Waals surface area (Å²) in [6.45, 7) is 15.9. The van der Waals surface area contributed by atoms with Crippen molar-refractivity contribution in [2.24, 2.45) is 0 Å². The predicted octanol–water partition coefficient (Wildman–Crippen LogP) is 18.9. The largest absolute Gasteiger partial charge is 0.308 e. The van der Waals surface area contributed by atoms with E-state index in [1.165, 1.54) is 140 Å². The third-order valence-corrected chi connectivity index (χ3v) is 15.8. The lowest BCUT2D eigenvalue weighted by Crippen LogP contribution is -2.13. The summed E-state index contributed by atoms with van der Waals surface area (Å²) in [7, 11) is 0. The van der Waals surface area contributed by atoms with Crippen molar-refractivity contribution in [2.75, 3.05) is 9.80 Å². The number of thiophene rings is 2. The van der Waals surface area contributed by atoms with Crippen molar-refractivity contribution in [2.45, 2.75) is 54.4 Å². The fourth-order valence-corrected chi connectivity index (χ4v) is 13.2. The second-order valence-corrected chi connectivity index (χ2v) is 20.4. The lowest BCUT2D eigenvalue weighted by Gasteiger charge is -2.31. The van der Waals surface area contributed by atoms with E-state index in [0.29, 0.717) is 5.92 Å². The van der Waals surface area contributed by atoms with Gasteiger partial charge in [-0.1, -0.05) is 111 Å². The Morgan fingerprint density at radius 1 is 0.359 bits per heavy atom. The minimum atomic E-state index is 0.294. The molecule has 12 rings (SSSR count). The van der Waals surface area contributed by atoms with Crippen molar-refractivity contribution in [3.63, 3.8) is 0 Å². The molecule has 0 aliphatic carbocycles. The molecule has 0 amide bonds. The average Bonchev–Trinajstić information content (AvgIpc) is 3.86. The van der Waals surface area contributed by atoms with Crippen LogP contribution in [0.2, 0.25) is 0 Å². The summed E-state index contributed by atoms with van der Waals surface area (Å²) >= 11 is 3.79. The van der Waals surface area contributed by atoms with Crippen molar-refractivity contribution >= 4 is 129 Å². The van der Waals surface area contributed by atoms with Gasteiger partial charge in [-0.2, -0.15) is 0 Å². The molecule has 0 saturated heterocycles. The fraction of sp³-hybridized carbons (Fsp3) is 0.133. The highest BCUT2D eigenvalue weighted by Crippen LogP contribution is 2.53. The van der Waals surface area contributed by atoms with Crippen molar-refractivity contribution in [1.82, 2.24) is 0 Å². The summed E-state index contributed by atoms with van der Waals surface area (Å²) in [5.41, 5.74) is 14.8. The normalized spacial score (nSPS) is 12.1. The molecule has 64 heavy (non-hydrogen) atoms. The van der Waals surface area contributed by atoms with Crippen molar-refractivity contribution in [3.8, 4) is 0 Å². The molecule has 0 saturated carbocycles. The molecule has 10 aromatic carbocycles. The van der Waals surface area contributed by atoms with E-state index in [1.54, 1.807) is 0 Å². The molecule has 310 valence electrons. The Morgan fingerprint density at radius 2 is 0.781 bits per heavy atom. The molecule has 0 aliphatic heterocycles. The summed E-state index contributed by atoms with van der Waals surface area (Å²) in [5.74, 6) is 0.294. The van der Waals surface area contributed by atoms with Gasteiger partial charge in [0.05, 0.1) is 32.1 Å². The van der Waals surface area contributed by atoms with E-state index >= 15 is 0 Å². The van der Waals surface area contributed by atoms with Gasteiger partial charge in [0, 0.05) is 53.1 Å². The summed E-state index contributed by atoms with van der Waals surface area (Å²) in [6, 6.07) is 60.1. The first-order chi connectivity index (χ1) is 31.1. The van der Waals surface area contributed by atoms with Crippen LogP contribution < -0.4 is 9.80 Å². The molecule has 4 heteroatoms. The van der Waals surface area contributed by atoms with Crippen LogP contribution in [0.5, 0.6) is 0 Å². The SMILES string of the molecule is Cc1cc(C)cc(N(c2cc(C)c3ccc4c(N(c5cc(C)cc(C)c5)c5cccc6c5sc5ccccc56)cc(C(C)C)c5ccc2c3c54)c2cccc3c2sc2ccccc23)c1. The van der Waals surface area contributed by atoms with Crippen molar-refractivity contribution < 1.29 is 0 Å². The van der Waals surface area contributed by atoms with E-state index in [1.807, 2.05) is 22.7 Å². The molecular formula is C60H48N2S2. The third kappa shape index (κ3) is 5.96. The van der Waals surface area contributed by atoms with Gasteiger partial charge in [0.25, 0.3) is 0 Å². The third-order valence-electron chi connectivity index (χ3n) is 13.4. The Balaban J connectivity index is 1.20. The molecule has 0 N–H and O–H groups in total. The molecule has 0 fully saturated rings. The maximum atomic E-state index is 2.58. The van der Waals surface area contributed by atoms with Crippen molar-refractivity contribution in [3.05, 3.63) is 191 Å². The molecule has 2 nitrogen and oxygen atoms in total. The fourth-order valence-electron chi connectivity index (χ4n) is 10.8. The molecule has 0 spiro atoms. The Morgan fingerprint density at radius 3 is 1.28 bits per heavy atom. The van der Waals surface area contributed by atoms with Crippen LogP contribution in [0.25, 0.3) is 72.7 Å². The second-order valence-electron chi connectivity index (χ2n) is 18.3. The number of nitrogens with zero attached hydrogens (tertiary/aromatic N) is 2. The minimum Gasteiger partial charge on any atom is -0.308 e. The molecule has 2 heterocycles. The standard InChI is InChI=1S/C60H48N2S2/c1-34(2)50-33-54(62(41-30-37(5)27-38(6)31-41)52-19-13-17-47-44-15-9-11-21-56(44)64-60(47)52)49-24-22-42-39(7)32-53(48-25-23-45(50)58(49)57(42)48)61(40-28-35(3)26-36(4)29-40)51-18-12-16-46-43-14-8-10-20-55(43)63-59(46)51/h8-34H,1-7H3. The Hall–Kier alpha value is -6.72. The van der Waals surface area contributed by atoms with Gasteiger partial charge in [-0.3, -0.25) is 0 Å². The zero-order valence-corrected chi connectivity index (χ0v) is 38.9. The summed E-state index contributed by atoms with van der Waals surface area (Å²) in [6.07, 6.45) is 0. The van der Waals surface area contributed by atoms with E-state index < -0.39 is 0 Å². The summed E-state index contributed by atoms with van der Waals surface area (Å²) in [4.78, 5) is 5.14. The van der Waals surface area contributed by atoms with Crippen LogP contribution in [-0.4, -0.2) is 0 Å². The van der Waals surface area contributed by atoms with Crippen LogP contribution in [0.15, 0.2) is 158 Å². The molecule has 12 aromatic rings. The molecule has 0 atom stereocenters. The van der Waals surface area contributed by atoms with E-state index in [4.69, 9.17) is 0 Å². The monoisotopic (exact) mass is 860 g/mol. The number of hydrogen-bond donors (Lipinski definition) is 0. The zero-order chi connectivity index (χ0) is 43.5. The number of aryl methyl sites for hydroxylation is 5. The number of fused-ring (bicyclic) bond motifs is 6. The highest BCUT2D eigenvalue weighted by Gasteiger charge is 2.27. The quantitative estimate of drug-likeness (QED) is 0.147. The van der Waals surface area contributed by atoms with Gasteiger partial charge in [0.15, 0.2) is 0 Å². The molecule has 0 unspecified atom stereocenters. The van der Waals surface area contributed by atoms with Gasteiger partial charge in [-0.05, 0) is 156 Å². The number of anilines is 6. The topological polar surface area (TPSA) is 6.48 Å². The molecule has 0 aliphatic rings. The maximum absolute atomic E-state index is 2.58. The Bertz CT molecular complexity index is 3810. The van der Waals surface area contributed by atoms with Crippen LogP contribution in [-0.2, 0) is 0 Å². The van der Waals surface area contributed by atoms with Gasteiger partial charge in [0.2, 0.25) is 0 Å². The van der Waals surface area contributed by atoms with Crippen LogP contribution in [0.1, 0.15) is 53.1 Å². The van der Waals surface area contributed by atoms with E-state index in [9.17, 15) is 0 Å². The molecule has 0 bridgehead atoms. The van der Waals surface area contributed by atoms with Gasteiger partial charge >= 0.3 is 0 Å². The lowest BCUT2D eigenvalue weighted by molar-refractivity contribution is 0.876. The lowest BCUT2D eigenvalue weighted by atomic mass is 9.85. The first-order valence-electron chi connectivity index (χ1n) is 22.4. The second kappa shape index (κ2) is 14.7. The van der Waals surface area contributed by atoms with Crippen LogP contribution in [0, 0.1) is 34.6 Å². The van der Waals surface area contributed by atoms with E-state index in [0.717, 1.165) is 0 Å². The predicted molar refractivity (Wildman–Crippen MR) is 283 cm³/mol. The number of rotatable bonds is 7. The maximum Gasteiger partial charge on any atom is 0.0640 e. The van der Waals surface area contributed by atoms with Gasteiger partial charge in [0.1, 0.15) is 0 Å². The highest BCUT2D eigenvalue weighted by atomic mass is 32.1. The molecular weight excluding hydrogens is 813 g/mol. The van der Waals surface area contributed by atoms with E-state index in [-0.39, 0.29) is 0 Å². The van der Waals surface area contributed by atoms with Gasteiger partial charge in [-0.15, -0.1) is 22.7 Å². The Labute approximate surface area is 382 Å². The number of hydrogen-bond acceptors (Lipinski definition) is 4. The molecule has 0 radical (unpaired) electrons.